The predicted molar refractivity (Wildman–Crippen MR) is 121 cm³/mol. The van der Waals surface area contributed by atoms with E-state index >= 15 is 0 Å². The molecule has 3 heterocycles. The number of carbonyl (C=O) groups excluding carboxylic acids is 1. The molecule has 1 fully saturated rings. The number of carbonyl (C=O) groups is 1. The lowest BCUT2D eigenvalue weighted by atomic mass is 10.1. The minimum absolute atomic E-state index is 0.194. The molecule has 0 spiro atoms. The van der Waals surface area contributed by atoms with Gasteiger partial charge in [0.1, 0.15) is 11.5 Å². The number of aryl methyl sites for hydroxylation is 2. The molecule has 0 unspecified atom stereocenters. The van der Waals surface area contributed by atoms with Crippen LogP contribution in [-0.4, -0.2) is 46.2 Å². The molecule has 172 valence electrons. The standard InChI is InChI=1S/C22H29N5O4S/c1-4-5-11-31-22(28)25-32(29,30)12-9-19-15(2)24-26(3)21(19)27-10-8-17-13-18(16-6-7-16)14-23-20(17)27/h8,10,13-14,16H,4-7,9,11-12H2,1-3H3,(H,25,28). The highest BCUT2D eigenvalue weighted by Gasteiger charge is 2.25. The Morgan fingerprint density at radius 2 is 2.12 bits per heavy atom. The second-order valence-corrected chi connectivity index (χ2v) is 10.2. The number of nitrogens with zero attached hydrogens (tertiary/aromatic N) is 4. The molecule has 4 rings (SSSR count). The average molecular weight is 460 g/mol. The summed E-state index contributed by atoms with van der Waals surface area (Å²) in [7, 11) is -2.02. The van der Waals surface area contributed by atoms with Crippen molar-refractivity contribution in [2.45, 2.75) is 51.9 Å². The third-order valence-electron chi connectivity index (χ3n) is 5.73. The van der Waals surface area contributed by atoms with Crippen molar-refractivity contribution in [2.24, 2.45) is 7.05 Å². The van der Waals surface area contributed by atoms with Crippen LogP contribution in [0.1, 0.15) is 55.3 Å². The molecule has 0 atom stereocenters. The molecule has 3 aromatic heterocycles. The first-order valence-electron chi connectivity index (χ1n) is 11.0. The van der Waals surface area contributed by atoms with Crippen molar-refractivity contribution in [1.29, 1.82) is 0 Å². The van der Waals surface area contributed by atoms with Gasteiger partial charge in [-0.3, -0.25) is 9.25 Å². The van der Waals surface area contributed by atoms with Crippen LogP contribution < -0.4 is 4.72 Å². The van der Waals surface area contributed by atoms with Gasteiger partial charge in [-0.2, -0.15) is 5.10 Å². The Kier molecular flexibility index (Phi) is 6.23. The minimum Gasteiger partial charge on any atom is -0.449 e. The van der Waals surface area contributed by atoms with Gasteiger partial charge in [0, 0.05) is 30.4 Å². The fourth-order valence-corrected chi connectivity index (χ4v) is 4.78. The van der Waals surface area contributed by atoms with Gasteiger partial charge in [-0.25, -0.2) is 22.9 Å². The summed E-state index contributed by atoms with van der Waals surface area (Å²) in [4.78, 5) is 16.4. The number of aromatic nitrogens is 4. The Labute approximate surface area is 187 Å². The number of hydrogen-bond donors (Lipinski definition) is 1. The molecule has 1 amide bonds. The number of fused-ring (bicyclic) bond motifs is 1. The quantitative estimate of drug-likeness (QED) is 0.492. The molecule has 0 aliphatic heterocycles. The molecule has 1 saturated carbocycles. The molecule has 0 bridgehead atoms. The Balaban J connectivity index is 1.54. The van der Waals surface area contributed by atoms with Crippen LogP contribution >= 0.6 is 0 Å². The predicted octanol–water partition coefficient (Wildman–Crippen LogP) is 3.34. The smallest absolute Gasteiger partial charge is 0.420 e. The summed E-state index contributed by atoms with van der Waals surface area (Å²) in [5.74, 6) is 1.13. The molecule has 0 aromatic carbocycles. The van der Waals surface area contributed by atoms with Crippen LogP contribution in [0.3, 0.4) is 0 Å². The first-order valence-corrected chi connectivity index (χ1v) is 12.6. The third-order valence-corrected chi connectivity index (χ3v) is 6.95. The fraction of sp³-hybridized carbons (Fsp3) is 0.500. The van der Waals surface area contributed by atoms with E-state index in [4.69, 9.17) is 4.74 Å². The van der Waals surface area contributed by atoms with Crippen LogP contribution in [0.2, 0.25) is 0 Å². The van der Waals surface area contributed by atoms with E-state index in [0.29, 0.717) is 12.3 Å². The van der Waals surface area contributed by atoms with Gasteiger partial charge in [0.05, 0.1) is 18.1 Å². The number of rotatable bonds is 9. The summed E-state index contributed by atoms with van der Waals surface area (Å²) in [5, 5.41) is 5.55. The van der Waals surface area contributed by atoms with Crippen LogP contribution in [0.4, 0.5) is 4.79 Å². The summed E-state index contributed by atoms with van der Waals surface area (Å²) in [5.41, 5.74) is 3.60. The van der Waals surface area contributed by atoms with E-state index in [1.54, 1.807) is 4.68 Å². The van der Waals surface area contributed by atoms with Crippen LogP contribution in [0.5, 0.6) is 0 Å². The minimum atomic E-state index is -3.85. The number of nitrogens with one attached hydrogen (secondary N) is 1. The highest BCUT2D eigenvalue weighted by Crippen LogP contribution is 2.40. The summed E-state index contributed by atoms with van der Waals surface area (Å²) >= 11 is 0. The van der Waals surface area contributed by atoms with Crippen molar-refractivity contribution in [3.05, 3.63) is 41.3 Å². The maximum atomic E-state index is 12.4. The fourth-order valence-electron chi connectivity index (χ4n) is 3.89. The van der Waals surface area contributed by atoms with Gasteiger partial charge >= 0.3 is 6.09 Å². The lowest BCUT2D eigenvalue weighted by Crippen LogP contribution is -2.33. The molecule has 1 aliphatic carbocycles. The lowest BCUT2D eigenvalue weighted by molar-refractivity contribution is 0.151. The van der Waals surface area contributed by atoms with E-state index in [1.165, 1.54) is 18.4 Å². The maximum absolute atomic E-state index is 12.4. The normalized spacial score (nSPS) is 14.1. The van der Waals surface area contributed by atoms with Gasteiger partial charge in [0.2, 0.25) is 10.0 Å². The van der Waals surface area contributed by atoms with E-state index in [9.17, 15) is 13.2 Å². The highest BCUT2D eigenvalue weighted by atomic mass is 32.2. The maximum Gasteiger partial charge on any atom is 0.420 e. The number of unbranched alkanes of at least 4 members (excludes halogenated alkanes) is 1. The third kappa shape index (κ3) is 4.79. The zero-order valence-corrected chi connectivity index (χ0v) is 19.5. The number of ether oxygens (including phenoxy) is 1. The topological polar surface area (TPSA) is 108 Å². The first kappa shape index (κ1) is 22.3. The van der Waals surface area contributed by atoms with Crippen molar-refractivity contribution in [2.75, 3.05) is 12.4 Å². The molecule has 1 N–H and O–H groups in total. The molecule has 32 heavy (non-hydrogen) atoms. The molecule has 3 aromatic rings. The van der Waals surface area contributed by atoms with Crippen LogP contribution in [0, 0.1) is 6.92 Å². The summed E-state index contributed by atoms with van der Waals surface area (Å²) in [6.45, 7) is 4.00. The number of hydrogen-bond acceptors (Lipinski definition) is 6. The van der Waals surface area contributed by atoms with Gasteiger partial charge in [-0.15, -0.1) is 0 Å². The highest BCUT2D eigenvalue weighted by molar-refractivity contribution is 7.90. The Hall–Kier alpha value is -2.88. The van der Waals surface area contributed by atoms with Gasteiger partial charge < -0.3 is 4.74 Å². The van der Waals surface area contributed by atoms with E-state index in [1.807, 2.05) is 48.6 Å². The summed E-state index contributed by atoms with van der Waals surface area (Å²) in [6, 6.07) is 4.20. The largest absolute Gasteiger partial charge is 0.449 e. The molecular formula is C22H29N5O4S. The van der Waals surface area contributed by atoms with Crippen molar-refractivity contribution in [3.8, 4) is 5.82 Å². The van der Waals surface area contributed by atoms with E-state index < -0.39 is 16.1 Å². The van der Waals surface area contributed by atoms with E-state index in [-0.39, 0.29) is 18.8 Å². The van der Waals surface area contributed by atoms with Crippen molar-refractivity contribution in [3.63, 3.8) is 0 Å². The van der Waals surface area contributed by atoms with Gasteiger partial charge in [-0.1, -0.05) is 13.3 Å². The molecule has 10 heteroatoms. The van der Waals surface area contributed by atoms with Crippen LogP contribution in [-0.2, 0) is 28.2 Å². The first-order chi connectivity index (χ1) is 15.3. The van der Waals surface area contributed by atoms with E-state index in [0.717, 1.165) is 34.5 Å². The average Bonchev–Trinajstić information content (AvgIpc) is 3.44. The second kappa shape index (κ2) is 8.93. The van der Waals surface area contributed by atoms with Crippen LogP contribution in [0.25, 0.3) is 16.9 Å². The number of sulfonamides is 1. The summed E-state index contributed by atoms with van der Waals surface area (Å²) < 4.78 is 35.4. The number of pyridine rings is 1. The Morgan fingerprint density at radius 3 is 2.84 bits per heavy atom. The molecule has 1 aliphatic rings. The monoisotopic (exact) mass is 459 g/mol. The molecule has 0 saturated heterocycles. The zero-order chi connectivity index (χ0) is 22.9. The van der Waals surface area contributed by atoms with Crippen molar-refractivity contribution >= 4 is 27.1 Å². The number of amides is 1. The SMILES string of the molecule is CCCCOC(=O)NS(=O)(=O)CCc1c(C)nn(C)c1-n1ccc2cc(C3CC3)cnc21. The Morgan fingerprint density at radius 1 is 1.34 bits per heavy atom. The second-order valence-electron chi connectivity index (χ2n) is 8.31. The summed E-state index contributed by atoms with van der Waals surface area (Å²) in [6.07, 6.45) is 7.10. The molecular weight excluding hydrogens is 430 g/mol. The van der Waals surface area contributed by atoms with Crippen LogP contribution in [0.15, 0.2) is 24.5 Å². The van der Waals surface area contributed by atoms with E-state index in [2.05, 4.69) is 16.1 Å². The van der Waals surface area contributed by atoms with Crippen molar-refractivity contribution in [1.82, 2.24) is 24.1 Å². The Bertz CT molecular complexity index is 1240. The van der Waals surface area contributed by atoms with Gasteiger partial charge in [-0.05, 0) is 56.2 Å². The van der Waals surface area contributed by atoms with Gasteiger partial charge in [0.15, 0.2) is 0 Å². The zero-order valence-electron chi connectivity index (χ0n) is 18.7. The lowest BCUT2D eigenvalue weighted by Gasteiger charge is -2.11. The van der Waals surface area contributed by atoms with Crippen molar-refractivity contribution < 1.29 is 17.9 Å². The van der Waals surface area contributed by atoms with Gasteiger partial charge in [0.25, 0.3) is 0 Å². The molecule has 9 nitrogen and oxygen atoms in total. The molecule has 0 radical (unpaired) electrons.